The van der Waals surface area contributed by atoms with Gasteiger partial charge in [0.15, 0.2) is 0 Å². The molecule has 2 aromatic heterocycles. The monoisotopic (exact) mass is 538 g/mol. The first kappa shape index (κ1) is 26.4. The maximum Gasteiger partial charge on any atom is 0.264 e. The predicted molar refractivity (Wildman–Crippen MR) is 146 cm³/mol. The number of hydrogen-bond acceptors (Lipinski definition) is 6. The molecule has 1 atom stereocenters. The molecule has 1 amide bonds. The maximum atomic E-state index is 14.8. The van der Waals surface area contributed by atoms with Gasteiger partial charge in [0.2, 0.25) is 0 Å². The lowest BCUT2D eigenvalue weighted by Gasteiger charge is -2.37. The number of alkyl halides is 1. The summed E-state index contributed by atoms with van der Waals surface area (Å²) in [5, 5.41) is 3.35. The Morgan fingerprint density at radius 3 is 2.68 bits per heavy atom. The first-order valence-electron chi connectivity index (χ1n) is 13.0. The molecule has 0 aliphatic heterocycles. The number of allylic oxidation sites excluding steroid dienone is 1. The number of methoxy groups -OCH3 is 1. The Hall–Kier alpha value is -3.17. The number of ether oxygens (including phenoxy) is 1. The van der Waals surface area contributed by atoms with Crippen LogP contribution < -0.4 is 10.1 Å². The fourth-order valence-corrected chi connectivity index (χ4v) is 6.81. The third-order valence-corrected chi connectivity index (χ3v) is 9.01. The lowest BCUT2D eigenvalue weighted by Crippen LogP contribution is -2.44. The quantitative estimate of drug-likeness (QED) is 0.376. The van der Waals surface area contributed by atoms with Gasteiger partial charge in [-0.15, -0.1) is 11.3 Å². The number of nitrogens with one attached hydrogen (secondary N) is 1. The molecule has 0 spiro atoms. The Kier molecular flexibility index (Phi) is 7.85. The van der Waals surface area contributed by atoms with Crippen LogP contribution >= 0.6 is 11.3 Å². The van der Waals surface area contributed by atoms with E-state index in [0.717, 1.165) is 53.8 Å². The first-order chi connectivity index (χ1) is 18.4. The van der Waals surface area contributed by atoms with E-state index in [9.17, 15) is 13.6 Å². The molecule has 2 heterocycles. The second kappa shape index (κ2) is 11.3. The summed E-state index contributed by atoms with van der Waals surface area (Å²) < 4.78 is 35.1. The van der Waals surface area contributed by atoms with Gasteiger partial charge < -0.3 is 15.0 Å². The number of carbonyl (C=O) groups excluding carboxylic acids is 1. The summed E-state index contributed by atoms with van der Waals surface area (Å²) in [5.41, 5.74) is 3.30. The zero-order chi connectivity index (χ0) is 26.8. The molecule has 9 heteroatoms. The zero-order valence-corrected chi connectivity index (χ0v) is 22.7. The summed E-state index contributed by atoms with van der Waals surface area (Å²) >= 11 is 1.06. The fourth-order valence-electron chi connectivity index (χ4n) is 5.57. The van der Waals surface area contributed by atoms with Gasteiger partial charge in [0, 0.05) is 54.1 Å². The molecule has 0 bridgehead atoms. The molecule has 6 nitrogen and oxygen atoms in total. The van der Waals surface area contributed by atoms with Gasteiger partial charge in [-0.1, -0.05) is 0 Å². The fraction of sp³-hybridized carbons (Fsp3) is 0.414. The molecule has 3 aromatic rings. The molecule has 1 fully saturated rings. The third kappa shape index (κ3) is 5.09. The van der Waals surface area contributed by atoms with Crippen molar-refractivity contribution in [1.29, 1.82) is 0 Å². The Labute approximate surface area is 225 Å². The van der Waals surface area contributed by atoms with Crippen molar-refractivity contribution in [2.24, 2.45) is 0 Å². The van der Waals surface area contributed by atoms with Crippen LogP contribution in [0, 0.1) is 6.92 Å². The molecule has 5 rings (SSSR count). The summed E-state index contributed by atoms with van der Waals surface area (Å²) in [7, 11) is 3.57. The highest BCUT2D eigenvalue weighted by molar-refractivity contribution is 7.15. The number of aromatic nitrogens is 2. The Bertz CT molecular complexity index is 1340. The van der Waals surface area contributed by atoms with E-state index < -0.39 is 12.0 Å². The van der Waals surface area contributed by atoms with Gasteiger partial charge in [0.05, 0.1) is 28.8 Å². The number of nitrogens with zero attached hydrogens (tertiary/aromatic N) is 3. The van der Waals surface area contributed by atoms with E-state index in [1.807, 2.05) is 30.1 Å². The number of thiophene rings is 1. The highest BCUT2D eigenvalue weighted by Crippen LogP contribution is 2.45. The van der Waals surface area contributed by atoms with Crippen molar-refractivity contribution in [3.05, 3.63) is 69.3 Å². The predicted octanol–water partition coefficient (Wildman–Crippen LogP) is 6.42. The van der Waals surface area contributed by atoms with Gasteiger partial charge in [-0.05, 0) is 69.5 Å². The average molecular weight is 539 g/mol. The minimum Gasteiger partial charge on any atom is -0.496 e. The van der Waals surface area contributed by atoms with Crippen molar-refractivity contribution in [2.75, 3.05) is 14.2 Å². The van der Waals surface area contributed by atoms with Crippen LogP contribution in [0.1, 0.15) is 69.5 Å². The number of benzene rings is 1. The zero-order valence-electron chi connectivity index (χ0n) is 21.8. The Morgan fingerprint density at radius 1 is 1.24 bits per heavy atom. The number of halogens is 2. The molecular formula is C29H32F2N4O2S. The second-order valence-electron chi connectivity index (χ2n) is 9.90. The van der Waals surface area contributed by atoms with Gasteiger partial charge in [0.1, 0.15) is 17.7 Å². The van der Waals surface area contributed by atoms with Crippen molar-refractivity contribution in [2.45, 2.75) is 63.8 Å². The summed E-state index contributed by atoms with van der Waals surface area (Å²) in [5.74, 6) is 0.0292. The molecule has 0 saturated heterocycles. The maximum absolute atomic E-state index is 14.8. The van der Waals surface area contributed by atoms with Crippen molar-refractivity contribution in [3.63, 3.8) is 0 Å². The van der Waals surface area contributed by atoms with Gasteiger partial charge in [-0.25, -0.2) is 8.78 Å². The smallest absolute Gasteiger partial charge is 0.264 e. The molecule has 1 aromatic carbocycles. The van der Waals surface area contributed by atoms with Gasteiger partial charge in [-0.2, -0.15) is 0 Å². The van der Waals surface area contributed by atoms with Gasteiger partial charge in [-0.3, -0.25) is 14.8 Å². The van der Waals surface area contributed by atoms with Crippen LogP contribution in [0.4, 0.5) is 8.78 Å². The van der Waals surface area contributed by atoms with Crippen LogP contribution in [0.2, 0.25) is 0 Å². The van der Waals surface area contributed by atoms with E-state index in [2.05, 4.69) is 15.3 Å². The summed E-state index contributed by atoms with van der Waals surface area (Å²) in [6.45, 7) is 2.05. The van der Waals surface area contributed by atoms with E-state index in [1.54, 1.807) is 32.6 Å². The van der Waals surface area contributed by atoms with E-state index in [0.29, 0.717) is 34.3 Å². The van der Waals surface area contributed by atoms with Crippen molar-refractivity contribution < 1.29 is 18.3 Å². The topological polar surface area (TPSA) is 67.3 Å². The third-order valence-electron chi connectivity index (χ3n) is 7.71. The molecule has 1 saturated carbocycles. The van der Waals surface area contributed by atoms with E-state index in [4.69, 9.17) is 4.74 Å². The highest BCUT2D eigenvalue weighted by atomic mass is 32.1. The van der Waals surface area contributed by atoms with E-state index >= 15 is 0 Å². The Morgan fingerprint density at radius 2 is 2.03 bits per heavy atom. The van der Waals surface area contributed by atoms with E-state index in [1.165, 1.54) is 6.08 Å². The number of hydrogen-bond donors (Lipinski definition) is 1. The number of amides is 1. The molecule has 200 valence electrons. The summed E-state index contributed by atoms with van der Waals surface area (Å²) in [6.07, 6.45) is 8.51. The van der Waals surface area contributed by atoms with Crippen molar-refractivity contribution >= 4 is 23.1 Å². The standard InChI is InChI=1S/C29H32F2N4O2S/c1-17-26-22(30)9-10-23(31)28(26)38-27(17)29(36)35(21-7-5-20(32-2)6-8-21)16-19-14-18(4-11-25(19)37-3)24-15-33-12-13-34-24/h4,10-15,20-22,32H,5-9,16H2,1-3H3. The van der Waals surface area contributed by atoms with Crippen LogP contribution in [0.15, 0.2) is 42.9 Å². The van der Waals surface area contributed by atoms with Crippen LogP contribution in [0.5, 0.6) is 5.75 Å². The normalized spacial score (nSPS) is 21.0. The van der Waals surface area contributed by atoms with Crippen molar-refractivity contribution in [3.8, 4) is 17.0 Å². The molecule has 1 unspecified atom stereocenters. The second-order valence-corrected chi connectivity index (χ2v) is 10.9. The van der Waals surface area contributed by atoms with Crippen LogP contribution in [0.3, 0.4) is 0 Å². The number of carbonyl (C=O) groups is 1. The minimum atomic E-state index is -1.30. The summed E-state index contributed by atoms with van der Waals surface area (Å²) in [6, 6.07) is 6.19. The SMILES string of the molecule is CNC1CCC(N(Cc2cc(-c3cnccn3)ccc2OC)C(=O)c2sc3c(c2C)C(F)CC=C3F)CC1. The van der Waals surface area contributed by atoms with E-state index in [-0.39, 0.29) is 23.2 Å². The van der Waals surface area contributed by atoms with Gasteiger partial charge >= 0.3 is 0 Å². The largest absolute Gasteiger partial charge is 0.496 e. The number of fused-ring (bicyclic) bond motifs is 1. The molecule has 38 heavy (non-hydrogen) atoms. The lowest BCUT2D eigenvalue weighted by atomic mass is 9.89. The van der Waals surface area contributed by atoms with Crippen LogP contribution in [-0.4, -0.2) is 47.0 Å². The first-order valence-corrected chi connectivity index (χ1v) is 13.8. The van der Waals surface area contributed by atoms with Crippen LogP contribution in [0.25, 0.3) is 17.1 Å². The van der Waals surface area contributed by atoms with Crippen LogP contribution in [-0.2, 0) is 6.54 Å². The van der Waals surface area contributed by atoms with Gasteiger partial charge in [0.25, 0.3) is 5.91 Å². The van der Waals surface area contributed by atoms with Crippen molar-refractivity contribution in [1.82, 2.24) is 20.2 Å². The molecular weight excluding hydrogens is 506 g/mol. The minimum absolute atomic E-state index is 0.00271. The highest BCUT2D eigenvalue weighted by Gasteiger charge is 2.35. The average Bonchev–Trinajstić information content (AvgIpc) is 3.32. The Balaban J connectivity index is 1.53. The molecule has 2 aliphatic rings. The number of rotatable bonds is 7. The molecule has 0 radical (unpaired) electrons. The summed E-state index contributed by atoms with van der Waals surface area (Å²) in [4.78, 5) is 25.3. The molecule has 2 aliphatic carbocycles. The molecule has 1 N–H and O–H groups in total. The lowest BCUT2D eigenvalue weighted by molar-refractivity contribution is 0.0603.